The van der Waals surface area contributed by atoms with Gasteiger partial charge in [0.15, 0.2) is 11.5 Å². The molecule has 5 nitrogen and oxygen atoms in total. The van der Waals surface area contributed by atoms with Gasteiger partial charge in [-0.25, -0.2) is 0 Å². The fourth-order valence-electron chi connectivity index (χ4n) is 3.04. The summed E-state index contributed by atoms with van der Waals surface area (Å²) in [5, 5.41) is 2.59. The van der Waals surface area contributed by atoms with E-state index in [1.165, 1.54) is 4.90 Å². The number of halogens is 3. The molecule has 2 aliphatic rings. The molecule has 2 atom stereocenters. The summed E-state index contributed by atoms with van der Waals surface area (Å²) in [4.78, 5) is 13.7. The summed E-state index contributed by atoms with van der Waals surface area (Å²) in [6, 6.07) is 5.23. The summed E-state index contributed by atoms with van der Waals surface area (Å²) in [6.07, 6.45) is -4.38. The van der Waals surface area contributed by atoms with Crippen molar-refractivity contribution in [3.63, 3.8) is 0 Å². The number of alkyl halides is 3. The van der Waals surface area contributed by atoms with Gasteiger partial charge in [0.05, 0.1) is 11.8 Å². The molecular weight excluding hydrogens is 313 g/mol. The predicted molar refractivity (Wildman–Crippen MR) is 74.9 cm³/mol. The van der Waals surface area contributed by atoms with E-state index in [1.54, 1.807) is 25.2 Å². The Morgan fingerprint density at radius 2 is 2.13 bits per heavy atom. The summed E-state index contributed by atoms with van der Waals surface area (Å²) in [5.41, 5.74) is 0.684. The molecule has 0 saturated carbocycles. The highest BCUT2D eigenvalue weighted by Crippen LogP contribution is 2.38. The number of hydrogen-bond acceptors (Lipinski definition) is 4. The molecule has 126 valence electrons. The van der Waals surface area contributed by atoms with E-state index >= 15 is 0 Å². The van der Waals surface area contributed by atoms with E-state index in [4.69, 9.17) is 9.47 Å². The summed E-state index contributed by atoms with van der Waals surface area (Å²) in [6.45, 7) is 0.155. The molecule has 1 amide bonds. The Morgan fingerprint density at radius 3 is 2.87 bits per heavy atom. The Balaban J connectivity index is 1.67. The van der Waals surface area contributed by atoms with Gasteiger partial charge in [-0.2, -0.15) is 13.2 Å². The van der Waals surface area contributed by atoms with Crippen LogP contribution >= 0.6 is 0 Å². The van der Waals surface area contributed by atoms with Gasteiger partial charge in [-0.15, -0.1) is 0 Å². The highest BCUT2D eigenvalue weighted by atomic mass is 19.4. The number of benzene rings is 1. The van der Waals surface area contributed by atoms with Crippen LogP contribution in [0.25, 0.3) is 0 Å². The third-order valence-electron chi connectivity index (χ3n) is 4.19. The monoisotopic (exact) mass is 330 g/mol. The molecule has 0 aliphatic carbocycles. The Kier molecular flexibility index (Phi) is 4.09. The smallest absolute Gasteiger partial charge is 0.393 e. The second kappa shape index (κ2) is 5.92. The summed E-state index contributed by atoms with van der Waals surface area (Å²) in [5.74, 6) is -2.20. The second-order valence-electron chi connectivity index (χ2n) is 5.84. The van der Waals surface area contributed by atoms with Gasteiger partial charge in [-0.1, -0.05) is 12.1 Å². The molecule has 8 heteroatoms. The maximum Gasteiger partial charge on any atom is 0.393 e. The van der Waals surface area contributed by atoms with E-state index in [9.17, 15) is 18.0 Å². The van der Waals surface area contributed by atoms with Gasteiger partial charge in [0.2, 0.25) is 12.7 Å². The summed E-state index contributed by atoms with van der Waals surface area (Å²) in [7, 11) is 1.58. The first-order chi connectivity index (χ1) is 10.9. The third kappa shape index (κ3) is 3.21. The first-order valence-electron chi connectivity index (χ1n) is 7.26. The molecule has 1 saturated heterocycles. The molecule has 1 aromatic rings. The van der Waals surface area contributed by atoms with E-state index in [0.29, 0.717) is 17.1 Å². The van der Waals surface area contributed by atoms with Crippen molar-refractivity contribution < 1.29 is 27.4 Å². The van der Waals surface area contributed by atoms with Crippen LogP contribution in [0.3, 0.4) is 0 Å². The SMILES string of the molecule is CN1C[C@@H](C(F)(F)F)[C@H](C(=O)NCc2cccc3c2OCO3)C1. The number of rotatable bonds is 3. The Labute approximate surface area is 131 Å². The largest absolute Gasteiger partial charge is 0.454 e. The molecule has 2 heterocycles. The molecule has 0 bridgehead atoms. The average molecular weight is 330 g/mol. The van der Waals surface area contributed by atoms with Crippen molar-refractivity contribution >= 4 is 5.91 Å². The second-order valence-corrected chi connectivity index (χ2v) is 5.84. The molecule has 2 aliphatic heterocycles. The molecular formula is C15H17F3N2O3. The van der Waals surface area contributed by atoms with Crippen molar-refractivity contribution in [1.82, 2.24) is 10.2 Å². The Morgan fingerprint density at radius 1 is 1.35 bits per heavy atom. The van der Waals surface area contributed by atoms with Crippen LogP contribution in [0.5, 0.6) is 11.5 Å². The number of likely N-dealkylation sites (tertiary alicyclic amines) is 1. The van der Waals surface area contributed by atoms with Crippen molar-refractivity contribution in [2.75, 3.05) is 26.9 Å². The highest BCUT2D eigenvalue weighted by molar-refractivity contribution is 5.79. The topological polar surface area (TPSA) is 50.8 Å². The zero-order valence-electron chi connectivity index (χ0n) is 12.5. The lowest BCUT2D eigenvalue weighted by Crippen LogP contribution is -2.39. The molecule has 1 fully saturated rings. The van der Waals surface area contributed by atoms with E-state index in [-0.39, 0.29) is 26.4 Å². The third-order valence-corrected chi connectivity index (χ3v) is 4.19. The van der Waals surface area contributed by atoms with E-state index in [2.05, 4.69) is 5.32 Å². The molecule has 1 aromatic carbocycles. The Hall–Kier alpha value is -1.96. The van der Waals surface area contributed by atoms with Crippen LogP contribution < -0.4 is 14.8 Å². The number of carbonyl (C=O) groups is 1. The highest BCUT2D eigenvalue weighted by Gasteiger charge is 2.51. The first-order valence-corrected chi connectivity index (χ1v) is 7.26. The van der Waals surface area contributed by atoms with Crippen molar-refractivity contribution in [3.05, 3.63) is 23.8 Å². The van der Waals surface area contributed by atoms with Crippen molar-refractivity contribution in [2.24, 2.45) is 11.8 Å². The summed E-state index contributed by atoms with van der Waals surface area (Å²) >= 11 is 0. The normalized spacial score (nSPS) is 24.0. The molecule has 1 N–H and O–H groups in total. The lowest BCUT2D eigenvalue weighted by atomic mass is 9.94. The maximum absolute atomic E-state index is 13.0. The van der Waals surface area contributed by atoms with E-state index < -0.39 is 23.9 Å². The van der Waals surface area contributed by atoms with Crippen molar-refractivity contribution in [1.29, 1.82) is 0 Å². The minimum absolute atomic E-state index is 0.0997. The molecule has 0 spiro atoms. The number of fused-ring (bicyclic) bond motifs is 1. The standard InChI is InChI=1S/C15H17F3N2O3/c1-20-6-10(11(7-20)15(16,17)18)14(21)19-5-9-3-2-4-12-13(9)23-8-22-12/h2-4,10-11H,5-8H2,1H3,(H,19,21)/t10-,11-/m1/s1. The predicted octanol–water partition coefficient (Wildman–Crippen LogP) is 1.77. The number of para-hydroxylation sites is 1. The maximum atomic E-state index is 13.0. The van der Waals surface area contributed by atoms with Crippen molar-refractivity contribution in [3.8, 4) is 11.5 Å². The molecule has 0 unspecified atom stereocenters. The lowest BCUT2D eigenvalue weighted by Gasteiger charge is -2.20. The van der Waals surface area contributed by atoms with Crippen LogP contribution in [0.4, 0.5) is 13.2 Å². The number of carbonyl (C=O) groups excluding carboxylic acids is 1. The van der Waals surface area contributed by atoms with Gasteiger partial charge in [0.1, 0.15) is 0 Å². The number of nitrogens with zero attached hydrogens (tertiary/aromatic N) is 1. The van der Waals surface area contributed by atoms with Crippen molar-refractivity contribution in [2.45, 2.75) is 12.7 Å². The van der Waals surface area contributed by atoms with Gasteiger partial charge in [-0.3, -0.25) is 4.79 Å². The molecule has 0 aromatic heterocycles. The van der Waals surface area contributed by atoms with Gasteiger partial charge < -0.3 is 19.7 Å². The molecule has 3 rings (SSSR count). The van der Waals surface area contributed by atoms with Gasteiger partial charge >= 0.3 is 6.18 Å². The Bertz CT molecular complexity index is 606. The minimum Gasteiger partial charge on any atom is -0.454 e. The van der Waals surface area contributed by atoms with Gasteiger partial charge in [0.25, 0.3) is 0 Å². The number of amides is 1. The average Bonchev–Trinajstić information content (AvgIpc) is 3.10. The van der Waals surface area contributed by atoms with Crippen LogP contribution in [-0.4, -0.2) is 43.9 Å². The first kappa shape index (κ1) is 15.9. The van der Waals surface area contributed by atoms with Crippen LogP contribution in [0.2, 0.25) is 0 Å². The van der Waals surface area contributed by atoms with E-state index in [1.807, 2.05) is 0 Å². The zero-order valence-corrected chi connectivity index (χ0v) is 12.5. The van der Waals surface area contributed by atoms with E-state index in [0.717, 1.165) is 0 Å². The quantitative estimate of drug-likeness (QED) is 0.918. The minimum atomic E-state index is -4.38. The van der Waals surface area contributed by atoms with Crippen LogP contribution in [0, 0.1) is 11.8 Å². The van der Waals surface area contributed by atoms with Crippen LogP contribution in [-0.2, 0) is 11.3 Å². The number of hydrogen-bond donors (Lipinski definition) is 1. The fraction of sp³-hybridized carbons (Fsp3) is 0.533. The number of nitrogens with one attached hydrogen (secondary N) is 1. The zero-order chi connectivity index (χ0) is 16.6. The fourth-order valence-corrected chi connectivity index (χ4v) is 3.04. The summed E-state index contributed by atoms with van der Waals surface area (Å²) < 4.78 is 49.7. The van der Waals surface area contributed by atoms with Gasteiger partial charge in [0, 0.05) is 25.2 Å². The molecule has 23 heavy (non-hydrogen) atoms. The number of ether oxygens (including phenoxy) is 2. The molecule has 0 radical (unpaired) electrons. The van der Waals surface area contributed by atoms with Crippen LogP contribution in [0.1, 0.15) is 5.56 Å². The van der Waals surface area contributed by atoms with Gasteiger partial charge in [-0.05, 0) is 13.1 Å². The van der Waals surface area contributed by atoms with Crippen LogP contribution in [0.15, 0.2) is 18.2 Å². The lowest BCUT2D eigenvalue weighted by molar-refractivity contribution is -0.183.